The molecule has 0 saturated carbocycles. The van der Waals surface area contributed by atoms with Gasteiger partial charge in [0.15, 0.2) is 0 Å². The smallest absolute Gasteiger partial charge is 0.324 e. The van der Waals surface area contributed by atoms with Gasteiger partial charge in [0, 0.05) is 6.42 Å². The highest BCUT2D eigenvalue weighted by Crippen LogP contribution is 2.02. The topological polar surface area (TPSA) is 55.4 Å². The van der Waals surface area contributed by atoms with Crippen LogP contribution < -0.4 is 5.32 Å². The quantitative estimate of drug-likeness (QED) is 0.425. The van der Waals surface area contributed by atoms with Gasteiger partial charge in [-0.1, -0.05) is 0 Å². The van der Waals surface area contributed by atoms with Crippen molar-refractivity contribution in [2.24, 2.45) is 0 Å². The molecule has 0 amide bonds. The fourth-order valence-electron chi connectivity index (χ4n) is 0.852. The molecule has 0 aromatic carbocycles. The lowest BCUT2D eigenvalue weighted by atomic mass is 10.2. The Morgan fingerprint density at radius 3 is 3.10 bits per heavy atom. The van der Waals surface area contributed by atoms with Gasteiger partial charge in [-0.2, -0.15) is 0 Å². The van der Waals surface area contributed by atoms with Crippen molar-refractivity contribution in [1.82, 2.24) is 5.32 Å². The highest BCUT2D eigenvalue weighted by Gasteiger charge is 2.24. The molecule has 1 aliphatic rings. The van der Waals surface area contributed by atoms with E-state index in [2.05, 4.69) is 10.1 Å². The minimum atomic E-state index is -0.259. The SMILES string of the molecule is O=CCC[C@@H]1NCOC1=O. The lowest BCUT2D eigenvalue weighted by molar-refractivity contribution is -0.139. The molecule has 1 aliphatic heterocycles. The van der Waals surface area contributed by atoms with Crippen LogP contribution in [-0.2, 0) is 14.3 Å². The second kappa shape index (κ2) is 3.31. The van der Waals surface area contributed by atoms with E-state index in [0.717, 1.165) is 6.29 Å². The van der Waals surface area contributed by atoms with E-state index < -0.39 is 0 Å². The molecule has 1 rings (SSSR count). The van der Waals surface area contributed by atoms with Crippen LogP contribution in [-0.4, -0.2) is 25.0 Å². The van der Waals surface area contributed by atoms with Crippen molar-refractivity contribution >= 4 is 12.3 Å². The fraction of sp³-hybridized carbons (Fsp3) is 0.667. The van der Waals surface area contributed by atoms with Crippen molar-refractivity contribution in [2.75, 3.05) is 6.73 Å². The average molecular weight is 143 g/mol. The van der Waals surface area contributed by atoms with E-state index in [1.54, 1.807) is 0 Å². The Balaban J connectivity index is 2.26. The largest absolute Gasteiger partial charge is 0.449 e. The Morgan fingerprint density at radius 2 is 2.60 bits per heavy atom. The molecule has 0 aliphatic carbocycles. The summed E-state index contributed by atoms with van der Waals surface area (Å²) in [5.74, 6) is -0.248. The van der Waals surface area contributed by atoms with Crippen LogP contribution in [0.3, 0.4) is 0 Å². The summed E-state index contributed by atoms with van der Waals surface area (Å²) in [5, 5.41) is 2.81. The standard InChI is InChI=1S/C6H9NO3/c8-3-1-2-5-6(9)10-4-7-5/h3,5,7H,1-2,4H2/t5-/m0/s1. The third-order valence-electron chi connectivity index (χ3n) is 1.40. The van der Waals surface area contributed by atoms with E-state index in [0.29, 0.717) is 12.8 Å². The summed E-state index contributed by atoms with van der Waals surface area (Å²) in [4.78, 5) is 20.6. The Labute approximate surface area is 58.5 Å². The van der Waals surface area contributed by atoms with Crippen molar-refractivity contribution in [1.29, 1.82) is 0 Å². The molecule has 0 bridgehead atoms. The number of cyclic esters (lactones) is 1. The molecule has 0 spiro atoms. The Hall–Kier alpha value is -0.900. The summed E-state index contributed by atoms with van der Waals surface area (Å²) in [6.45, 7) is 0.280. The zero-order chi connectivity index (χ0) is 7.40. The van der Waals surface area contributed by atoms with Gasteiger partial charge in [0.25, 0.3) is 0 Å². The van der Waals surface area contributed by atoms with Gasteiger partial charge >= 0.3 is 5.97 Å². The van der Waals surface area contributed by atoms with E-state index in [-0.39, 0.29) is 18.7 Å². The Morgan fingerprint density at radius 1 is 1.80 bits per heavy atom. The van der Waals surface area contributed by atoms with Crippen LogP contribution in [0.2, 0.25) is 0 Å². The number of carbonyl (C=O) groups excluding carboxylic acids is 2. The molecule has 10 heavy (non-hydrogen) atoms. The van der Waals surface area contributed by atoms with Crippen molar-refractivity contribution in [3.05, 3.63) is 0 Å². The molecule has 1 saturated heterocycles. The lowest BCUT2D eigenvalue weighted by Gasteiger charge is -1.99. The summed E-state index contributed by atoms with van der Waals surface area (Å²) in [6, 6.07) is -0.259. The first kappa shape index (κ1) is 7.21. The third kappa shape index (κ3) is 1.54. The van der Waals surface area contributed by atoms with Crippen LogP contribution >= 0.6 is 0 Å². The number of carbonyl (C=O) groups is 2. The van der Waals surface area contributed by atoms with E-state index >= 15 is 0 Å². The second-order valence-corrected chi connectivity index (χ2v) is 2.11. The molecule has 56 valence electrons. The maximum absolute atomic E-state index is 10.7. The van der Waals surface area contributed by atoms with Gasteiger partial charge in [0.1, 0.15) is 19.1 Å². The Kier molecular flexibility index (Phi) is 2.39. The highest BCUT2D eigenvalue weighted by molar-refractivity contribution is 5.77. The molecule has 1 heterocycles. The first-order valence-corrected chi connectivity index (χ1v) is 3.18. The van der Waals surface area contributed by atoms with E-state index in [4.69, 9.17) is 0 Å². The van der Waals surface area contributed by atoms with E-state index in [1.165, 1.54) is 0 Å². The van der Waals surface area contributed by atoms with E-state index in [9.17, 15) is 9.59 Å². The molecule has 0 aromatic rings. The number of ether oxygens (including phenoxy) is 1. The molecular formula is C6H9NO3. The molecule has 1 fully saturated rings. The van der Waals surface area contributed by atoms with Gasteiger partial charge < -0.3 is 9.53 Å². The van der Waals surface area contributed by atoms with Gasteiger partial charge in [-0.25, -0.2) is 0 Å². The molecule has 1 N–H and O–H groups in total. The first-order chi connectivity index (χ1) is 4.84. The summed E-state index contributed by atoms with van der Waals surface area (Å²) >= 11 is 0. The van der Waals surface area contributed by atoms with Gasteiger partial charge in [-0.15, -0.1) is 0 Å². The summed E-state index contributed by atoms with van der Waals surface area (Å²) in [5.41, 5.74) is 0. The number of esters is 1. The van der Waals surface area contributed by atoms with Crippen molar-refractivity contribution in [2.45, 2.75) is 18.9 Å². The van der Waals surface area contributed by atoms with Crippen LogP contribution in [0.5, 0.6) is 0 Å². The normalized spacial score (nSPS) is 24.4. The van der Waals surface area contributed by atoms with Gasteiger partial charge in [-0.05, 0) is 6.42 Å². The van der Waals surface area contributed by atoms with E-state index in [1.807, 2.05) is 0 Å². The van der Waals surface area contributed by atoms with Crippen LogP contribution in [0.15, 0.2) is 0 Å². The molecule has 0 radical (unpaired) electrons. The second-order valence-electron chi connectivity index (χ2n) is 2.11. The number of aldehydes is 1. The minimum Gasteiger partial charge on any atom is -0.449 e. The number of hydrogen-bond donors (Lipinski definition) is 1. The molecule has 4 heteroatoms. The Bertz CT molecular complexity index is 146. The zero-order valence-electron chi connectivity index (χ0n) is 5.50. The molecule has 0 aromatic heterocycles. The van der Waals surface area contributed by atoms with Gasteiger partial charge in [-0.3, -0.25) is 10.1 Å². The number of hydrogen-bond acceptors (Lipinski definition) is 4. The maximum Gasteiger partial charge on any atom is 0.324 e. The number of nitrogens with one attached hydrogen (secondary N) is 1. The summed E-state index contributed by atoms with van der Waals surface area (Å²) < 4.78 is 4.60. The highest BCUT2D eigenvalue weighted by atomic mass is 16.6. The lowest BCUT2D eigenvalue weighted by Crippen LogP contribution is -2.26. The predicted molar refractivity (Wildman–Crippen MR) is 33.2 cm³/mol. The molecule has 4 nitrogen and oxygen atoms in total. The van der Waals surface area contributed by atoms with Gasteiger partial charge in [0.2, 0.25) is 0 Å². The third-order valence-corrected chi connectivity index (χ3v) is 1.40. The fourth-order valence-corrected chi connectivity index (χ4v) is 0.852. The van der Waals surface area contributed by atoms with Gasteiger partial charge in [0.05, 0.1) is 0 Å². The van der Waals surface area contributed by atoms with Crippen LogP contribution in [0.1, 0.15) is 12.8 Å². The molecular weight excluding hydrogens is 134 g/mol. The zero-order valence-corrected chi connectivity index (χ0v) is 5.50. The van der Waals surface area contributed by atoms with Crippen molar-refractivity contribution in [3.63, 3.8) is 0 Å². The summed E-state index contributed by atoms with van der Waals surface area (Å²) in [6.07, 6.45) is 1.75. The van der Waals surface area contributed by atoms with Crippen LogP contribution in [0, 0.1) is 0 Å². The first-order valence-electron chi connectivity index (χ1n) is 3.18. The molecule has 1 atom stereocenters. The monoisotopic (exact) mass is 143 g/mol. The number of rotatable bonds is 3. The average Bonchev–Trinajstić information content (AvgIpc) is 2.31. The van der Waals surface area contributed by atoms with Crippen molar-refractivity contribution < 1.29 is 14.3 Å². The van der Waals surface area contributed by atoms with Crippen molar-refractivity contribution in [3.8, 4) is 0 Å². The maximum atomic E-state index is 10.7. The summed E-state index contributed by atoms with van der Waals surface area (Å²) in [7, 11) is 0. The minimum absolute atomic E-state index is 0.248. The van der Waals surface area contributed by atoms with Crippen LogP contribution in [0.4, 0.5) is 0 Å². The predicted octanol–water partition coefficient (Wildman–Crippen LogP) is -0.562. The van der Waals surface area contributed by atoms with Crippen LogP contribution in [0.25, 0.3) is 0 Å². The molecule has 0 unspecified atom stereocenters.